The van der Waals surface area contributed by atoms with E-state index < -0.39 is 0 Å². The second kappa shape index (κ2) is 4.88. The Morgan fingerprint density at radius 3 is 2.67 bits per heavy atom. The van der Waals surface area contributed by atoms with Gasteiger partial charge in [-0.05, 0) is 32.0 Å². The minimum atomic E-state index is -0.333. The number of benzene rings is 1. The normalized spacial score (nSPS) is 28.9. The highest BCUT2D eigenvalue weighted by Crippen LogP contribution is 2.35. The third kappa shape index (κ3) is 2.23. The lowest BCUT2D eigenvalue weighted by Crippen LogP contribution is -2.43. The van der Waals surface area contributed by atoms with Crippen LogP contribution in [0.15, 0.2) is 34.7 Å². The highest BCUT2D eigenvalue weighted by molar-refractivity contribution is 5.92. The molecule has 4 heteroatoms. The molecule has 3 heterocycles. The smallest absolute Gasteiger partial charge is 0.374 e. The van der Waals surface area contributed by atoms with E-state index in [1.54, 1.807) is 6.07 Å². The minimum absolute atomic E-state index is 0.0272. The van der Waals surface area contributed by atoms with Gasteiger partial charge in [0.25, 0.3) is 0 Å². The van der Waals surface area contributed by atoms with Crippen molar-refractivity contribution in [1.82, 2.24) is 4.90 Å². The molecule has 0 radical (unpaired) electrons. The molecule has 2 aliphatic heterocycles. The lowest BCUT2D eigenvalue weighted by atomic mass is 10.0. The predicted octanol–water partition coefficient (Wildman–Crippen LogP) is 3.21. The monoisotopic (exact) mass is 285 g/mol. The van der Waals surface area contributed by atoms with E-state index in [4.69, 9.17) is 9.15 Å². The van der Waals surface area contributed by atoms with Crippen molar-refractivity contribution in [3.63, 3.8) is 0 Å². The van der Waals surface area contributed by atoms with Crippen LogP contribution in [0, 0.1) is 0 Å². The number of nitrogens with zero attached hydrogens (tertiary/aromatic N) is 1. The maximum atomic E-state index is 12.3. The van der Waals surface area contributed by atoms with Crippen LogP contribution >= 0.6 is 0 Å². The average Bonchev–Trinajstić information content (AvgIpc) is 2.98. The lowest BCUT2D eigenvalue weighted by Gasteiger charge is -2.35. The number of ether oxygens (including phenoxy) is 1. The molecule has 21 heavy (non-hydrogen) atoms. The van der Waals surface area contributed by atoms with Crippen LogP contribution in [0.1, 0.15) is 36.2 Å². The fourth-order valence-electron chi connectivity index (χ4n) is 3.75. The van der Waals surface area contributed by atoms with Crippen LogP contribution in [0.3, 0.4) is 0 Å². The molecule has 0 amide bonds. The van der Waals surface area contributed by atoms with Crippen LogP contribution in [-0.4, -0.2) is 36.1 Å². The molecule has 0 N–H and O–H groups in total. The van der Waals surface area contributed by atoms with E-state index in [1.807, 2.05) is 24.3 Å². The number of esters is 1. The van der Waals surface area contributed by atoms with Gasteiger partial charge in [0.2, 0.25) is 5.76 Å². The van der Waals surface area contributed by atoms with Gasteiger partial charge in [0.05, 0.1) is 0 Å². The largest absolute Gasteiger partial charge is 0.456 e. The quantitative estimate of drug-likeness (QED) is 0.795. The Labute approximate surface area is 123 Å². The Morgan fingerprint density at radius 1 is 1.24 bits per heavy atom. The first-order chi connectivity index (χ1) is 10.2. The van der Waals surface area contributed by atoms with Gasteiger partial charge in [-0.15, -0.1) is 0 Å². The number of fused-ring (bicyclic) bond motifs is 3. The van der Waals surface area contributed by atoms with Crippen molar-refractivity contribution in [1.29, 1.82) is 0 Å². The Hall–Kier alpha value is -1.81. The van der Waals surface area contributed by atoms with Gasteiger partial charge < -0.3 is 14.1 Å². The molecule has 4 nitrogen and oxygen atoms in total. The van der Waals surface area contributed by atoms with Crippen LogP contribution in [0.2, 0.25) is 0 Å². The van der Waals surface area contributed by atoms with E-state index >= 15 is 0 Å². The van der Waals surface area contributed by atoms with E-state index in [1.165, 1.54) is 12.8 Å². The summed E-state index contributed by atoms with van der Waals surface area (Å²) in [5.74, 6) is -0.0253. The molecule has 3 atom stereocenters. The zero-order valence-electron chi connectivity index (χ0n) is 12.1. The van der Waals surface area contributed by atoms with E-state index in [9.17, 15) is 4.79 Å². The molecule has 1 aromatic carbocycles. The number of hydrogen-bond donors (Lipinski definition) is 0. The Morgan fingerprint density at radius 2 is 1.95 bits per heavy atom. The van der Waals surface area contributed by atoms with Crippen molar-refractivity contribution in [2.45, 2.75) is 43.9 Å². The van der Waals surface area contributed by atoms with Crippen molar-refractivity contribution in [2.24, 2.45) is 0 Å². The van der Waals surface area contributed by atoms with Crippen molar-refractivity contribution in [3.8, 4) is 0 Å². The molecular weight excluding hydrogens is 266 g/mol. The molecule has 4 rings (SSSR count). The van der Waals surface area contributed by atoms with Crippen LogP contribution in [0.4, 0.5) is 0 Å². The summed E-state index contributed by atoms with van der Waals surface area (Å²) in [7, 11) is 2.18. The van der Waals surface area contributed by atoms with Gasteiger partial charge in [0, 0.05) is 30.3 Å². The average molecular weight is 285 g/mol. The van der Waals surface area contributed by atoms with E-state index in [0.717, 1.165) is 23.8 Å². The highest BCUT2D eigenvalue weighted by atomic mass is 16.6. The summed E-state index contributed by atoms with van der Waals surface area (Å²) in [4.78, 5) is 14.7. The summed E-state index contributed by atoms with van der Waals surface area (Å²) >= 11 is 0. The first-order valence-electron chi connectivity index (χ1n) is 7.62. The number of para-hydroxylation sites is 1. The fraction of sp³-hybridized carbons (Fsp3) is 0.471. The molecule has 0 spiro atoms. The van der Waals surface area contributed by atoms with Crippen molar-refractivity contribution in [2.75, 3.05) is 7.05 Å². The first kappa shape index (κ1) is 12.9. The molecule has 0 saturated carbocycles. The number of rotatable bonds is 2. The number of carbonyl (C=O) groups excluding carboxylic acids is 1. The standard InChI is InChI=1S/C17H19NO3/c1-18-12-6-7-13(18)10-14(9-12)20-17(19)16-8-11-4-2-3-5-15(11)21-16/h2-5,8,12-14H,6-7,9-10H2,1H3/t12-,13+,14?. The number of furan rings is 1. The number of piperidine rings is 1. The lowest BCUT2D eigenvalue weighted by molar-refractivity contribution is -0.00295. The Bertz CT molecular complexity index is 630. The van der Waals surface area contributed by atoms with E-state index in [0.29, 0.717) is 17.8 Å². The Balaban J connectivity index is 1.48. The summed E-state index contributed by atoms with van der Waals surface area (Å²) in [5.41, 5.74) is 0.730. The highest BCUT2D eigenvalue weighted by Gasteiger charge is 2.40. The van der Waals surface area contributed by atoms with Crippen LogP contribution < -0.4 is 0 Å². The molecule has 1 aromatic heterocycles. The molecule has 2 bridgehead atoms. The maximum Gasteiger partial charge on any atom is 0.374 e. The number of hydrogen-bond acceptors (Lipinski definition) is 4. The van der Waals surface area contributed by atoms with Gasteiger partial charge in [-0.3, -0.25) is 0 Å². The molecule has 2 aliphatic rings. The second-order valence-corrected chi connectivity index (χ2v) is 6.20. The first-order valence-corrected chi connectivity index (χ1v) is 7.62. The Kier molecular flexibility index (Phi) is 3.00. The predicted molar refractivity (Wildman–Crippen MR) is 79.2 cm³/mol. The molecule has 2 saturated heterocycles. The van der Waals surface area contributed by atoms with Crippen LogP contribution in [0.5, 0.6) is 0 Å². The molecule has 0 aliphatic carbocycles. The molecule has 110 valence electrons. The SMILES string of the molecule is CN1[C@@H]2CC[C@H]1CC(OC(=O)c1cc3ccccc3o1)C2. The van der Waals surface area contributed by atoms with Crippen LogP contribution in [-0.2, 0) is 4.74 Å². The zero-order valence-corrected chi connectivity index (χ0v) is 12.1. The third-order valence-corrected chi connectivity index (χ3v) is 4.96. The second-order valence-electron chi connectivity index (χ2n) is 6.20. The molecular formula is C17H19NO3. The summed E-state index contributed by atoms with van der Waals surface area (Å²) < 4.78 is 11.3. The minimum Gasteiger partial charge on any atom is -0.456 e. The van der Waals surface area contributed by atoms with Gasteiger partial charge in [0.1, 0.15) is 11.7 Å². The summed E-state index contributed by atoms with van der Waals surface area (Å²) in [5, 5.41) is 0.938. The van der Waals surface area contributed by atoms with E-state index in [-0.39, 0.29) is 12.1 Å². The van der Waals surface area contributed by atoms with Gasteiger partial charge >= 0.3 is 5.97 Å². The van der Waals surface area contributed by atoms with Gasteiger partial charge in [0.15, 0.2) is 0 Å². The molecule has 2 fully saturated rings. The van der Waals surface area contributed by atoms with Crippen molar-refractivity contribution in [3.05, 3.63) is 36.1 Å². The topological polar surface area (TPSA) is 42.7 Å². The third-order valence-electron chi connectivity index (χ3n) is 4.96. The van der Waals surface area contributed by atoms with Gasteiger partial charge in [-0.1, -0.05) is 18.2 Å². The molecule has 2 aromatic rings. The van der Waals surface area contributed by atoms with Crippen molar-refractivity contribution >= 4 is 16.9 Å². The van der Waals surface area contributed by atoms with Gasteiger partial charge in [-0.2, -0.15) is 0 Å². The summed E-state index contributed by atoms with van der Waals surface area (Å²) in [6.45, 7) is 0. The number of carbonyl (C=O) groups is 1. The van der Waals surface area contributed by atoms with Crippen molar-refractivity contribution < 1.29 is 13.9 Å². The van der Waals surface area contributed by atoms with Gasteiger partial charge in [-0.25, -0.2) is 4.79 Å². The van der Waals surface area contributed by atoms with Crippen LogP contribution in [0.25, 0.3) is 11.0 Å². The van der Waals surface area contributed by atoms with E-state index in [2.05, 4.69) is 11.9 Å². The zero-order chi connectivity index (χ0) is 14.4. The molecule has 1 unspecified atom stereocenters. The fourth-order valence-corrected chi connectivity index (χ4v) is 3.75. The maximum absolute atomic E-state index is 12.3. The summed E-state index contributed by atoms with van der Waals surface area (Å²) in [6.07, 6.45) is 4.36. The summed E-state index contributed by atoms with van der Waals surface area (Å²) in [6, 6.07) is 10.5.